The topological polar surface area (TPSA) is 98.5 Å². The van der Waals surface area contributed by atoms with Crippen LogP contribution in [-0.4, -0.2) is 36.3 Å². The second kappa shape index (κ2) is 7.19. The molecule has 0 bridgehead atoms. The minimum absolute atomic E-state index is 0.262. The molecule has 0 radical (unpaired) electrons. The summed E-state index contributed by atoms with van der Waals surface area (Å²) < 4.78 is 1.49. The second-order valence-electron chi connectivity index (χ2n) is 5.42. The minimum Gasteiger partial charge on any atom is -0.296 e. The number of hydrogen-bond donors (Lipinski definition) is 1. The molecule has 8 nitrogen and oxygen atoms in total. The van der Waals surface area contributed by atoms with Crippen LogP contribution >= 0.6 is 11.3 Å². The van der Waals surface area contributed by atoms with Crippen molar-refractivity contribution in [1.29, 1.82) is 0 Å². The summed E-state index contributed by atoms with van der Waals surface area (Å²) in [5.74, 6) is -0.262. The highest BCUT2D eigenvalue weighted by molar-refractivity contribution is 7.15. The van der Waals surface area contributed by atoms with Gasteiger partial charge in [0.05, 0.1) is 5.69 Å². The summed E-state index contributed by atoms with van der Waals surface area (Å²) in [6, 6.07) is 17.0. The molecule has 0 saturated carbocycles. The molecule has 4 aromatic rings. The van der Waals surface area contributed by atoms with Gasteiger partial charge in [-0.05, 0) is 34.2 Å². The Morgan fingerprint density at radius 3 is 2.77 bits per heavy atom. The van der Waals surface area contributed by atoms with Gasteiger partial charge in [0.25, 0.3) is 5.91 Å². The van der Waals surface area contributed by atoms with Gasteiger partial charge in [-0.25, -0.2) is 4.68 Å². The predicted octanol–water partition coefficient (Wildman–Crippen LogP) is 2.36. The number of nitrogens with zero attached hydrogens (tertiary/aromatic N) is 6. The van der Waals surface area contributed by atoms with E-state index in [1.165, 1.54) is 22.3 Å². The summed E-state index contributed by atoms with van der Waals surface area (Å²) in [4.78, 5) is 12.5. The zero-order chi connectivity index (χ0) is 17.8. The van der Waals surface area contributed by atoms with Crippen LogP contribution in [-0.2, 0) is 6.42 Å². The lowest BCUT2D eigenvalue weighted by atomic mass is 10.2. The molecule has 0 saturated heterocycles. The molecule has 2 aromatic heterocycles. The average Bonchev–Trinajstić information content (AvgIpc) is 3.35. The van der Waals surface area contributed by atoms with Crippen molar-refractivity contribution in [3.8, 4) is 5.69 Å². The van der Waals surface area contributed by atoms with E-state index in [-0.39, 0.29) is 5.91 Å². The van der Waals surface area contributed by atoms with E-state index < -0.39 is 0 Å². The first-order valence-corrected chi connectivity index (χ1v) is 8.61. The minimum atomic E-state index is -0.262. The maximum atomic E-state index is 12.5. The number of aromatic nitrogens is 6. The van der Waals surface area contributed by atoms with Crippen molar-refractivity contribution in [2.24, 2.45) is 0 Å². The van der Waals surface area contributed by atoms with Gasteiger partial charge in [0.1, 0.15) is 11.3 Å². The number of rotatable bonds is 5. The third-order valence-electron chi connectivity index (χ3n) is 3.61. The average molecular weight is 363 g/mol. The molecular formula is C17H13N7OS. The quantitative estimate of drug-likeness (QED) is 0.584. The number of benzene rings is 2. The normalized spacial score (nSPS) is 10.6. The van der Waals surface area contributed by atoms with E-state index in [9.17, 15) is 4.79 Å². The Morgan fingerprint density at radius 1 is 1.08 bits per heavy atom. The largest absolute Gasteiger partial charge is 0.296 e. The van der Waals surface area contributed by atoms with Crippen LogP contribution in [0.25, 0.3) is 5.69 Å². The van der Waals surface area contributed by atoms with Gasteiger partial charge in [-0.15, -0.1) is 15.3 Å². The predicted molar refractivity (Wildman–Crippen MR) is 96.3 cm³/mol. The first-order chi connectivity index (χ1) is 12.8. The lowest BCUT2D eigenvalue weighted by molar-refractivity contribution is 0.102. The molecule has 0 fully saturated rings. The number of tetrazole rings is 1. The zero-order valence-electron chi connectivity index (χ0n) is 13.5. The Balaban J connectivity index is 1.46. The third kappa shape index (κ3) is 3.62. The van der Waals surface area contributed by atoms with Crippen LogP contribution in [0.5, 0.6) is 0 Å². The van der Waals surface area contributed by atoms with Crippen LogP contribution < -0.4 is 5.32 Å². The van der Waals surface area contributed by atoms with Gasteiger partial charge in [-0.3, -0.25) is 10.1 Å². The number of amides is 1. The van der Waals surface area contributed by atoms with Crippen LogP contribution in [0.4, 0.5) is 5.13 Å². The molecule has 4 rings (SSSR count). The summed E-state index contributed by atoms with van der Waals surface area (Å²) in [5, 5.41) is 23.3. The standard InChI is InChI=1S/C17H13N7OS/c25-16(13-7-4-8-14(10-13)24-11-18-22-23-24)19-17-21-20-15(26-17)9-12-5-2-1-3-6-12/h1-8,10-11H,9H2,(H,19,21,25). The first kappa shape index (κ1) is 16.0. The molecule has 128 valence electrons. The van der Waals surface area contributed by atoms with Crippen molar-refractivity contribution in [3.63, 3.8) is 0 Å². The summed E-state index contributed by atoms with van der Waals surface area (Å²) >= 11 is 1.36. The number of carbonyl (C=O) groups is 1. The van der Waals surface area contributed by atoms with E-state index in [1.54, 1.807) is 18.2 Å². The van der Waals surface area contributed by atoms with E-state index in [1.807, 2.05) is 36.4 Å². The van der Waals surface area contributed by atoms with Gasteiger partial charge in [0.15, 0.2) is 0 Å². The molecular weight excluding hydrogens is 350 g/mol. The number of hydrogen-bond acceptors (Lipinski definition) is 7. The van der Waals surface area contributed by atoms with E-state index in [0.717, 1.165) is 10.6 Å². The Bertz CT molecular complexity index is 1010. The molecule has 0 unspecified atom stereocenters. The van der Waals surface area contributed by atoms with E-state index >= 15 is 0 Å². The van der Waals surface area contributed by atoms with Crippen LogP contribution in [0, 0.1) is 0 Å². The number of anilines is 1. The Labute approximate surface area is 152 Å². The fourth-order valence-corrected chi connectivity index (χ4v) is 3.15. The molecule has 26 heavy (non-hydrogen) atoms. The summed E-state index contributed by atoms with van der Waals surface area (Å²) in [6.07, 6.45) is 2.15. The molecule has 2 aromatic carbocycles. The molecule has 1 N–H and O–H groups in total. The fourth-order valence-electron chi connectivity index (χ4n) is 2.38. The van der Waals surface area contributed by atoms with Crippen molar-refractivity contribution in [2.75, 3.05) is 5.32 Å². The van der Waals surface area contributed by atoms with E-state index in [4.69, 9.17) is 0 Å². The highest BCUT2D eigenvalue weighted by Crippen LogP contribution is 2.19. The van der Waals surface area contributed by atoms with Crippen LogP contribution in [0.2, 0.25) is 0 Å². The Kier molecular flexibility index (Phi) is 4.44. The third-order valence-corrected chi connectivity index (χ3v) is 4.45. The van der Waals surface area contributed by atoms with Crippen molar-refractivity contribution < 1.29 is 4.79 Å². The number of carbonyl (C=O) groups excluding carboxylic acids is 1. The van der Waals surface area contributed by atoms with Crippen molar-refractivity contribution in [3.05, 3.63) is 77.1 Å². The molecule has 0 aliphatic carbocycles. The highest BCUT2D eigenvalue weighted by atomic mass is 32.1. The van der Waals surface area contributed by atoms with Gasteiger partial charge < -0.3 is 0 Å². The fraction of sp³-hybridized carbons (Fsp3) is 0.0588. The maximum Gasteiger partial charge on any atom is 0.257 e. The van der Waals surface area contributed by atoms with Crippen LogP contribution in [0.15, 0.2) is 60.9 Å². The summed E-state index contributed by atoms with van der Waals surface area (Å²) in [5.41, 5.74) is 2.33. The lowest BCUT2D eigenvalue weighted by Gasteiger charge is -2.04. The number of nitrogens with one attached hydrogen (secondary N) is 1. The van der Waals surface area contributed by atoms with Crippen LogP contribution in [0.3, 0.4) is 0 Å². The molecule has 0 aliphatic rings. The highest BCUT2D eigenvalue weighted by Gasteiger charge is 2.12. The molecule has 9 heteroatoms. The van der Waals surface area contributed by atoms with Gasteiger partial charge >= 0.3 is 0 Å². The van der Waals surface area contributed by atoms with Crippen LogP contribution in [0.1, 0.15) is 20.9 Å². The summed E-state index contributed by atoms with van der Waals surface area (Å²) in [7, 11) is 0. The molecule has 0 atom stereocenters. The molecule has 0 aliphatic heterocycles. The van der Waals surface area contributed by atoms with Crippen molar-refractivity contribution >= 4 is 22.4 Å². The monoisotopic (exact) mass is 363 g/mol. The van der Waals surface area contributed by atoms with Gasteiger partial charge in [0.2, 0.25) is 5.13 Å². The summed E-state index contributed by atoms with van der Waals surface area (Å²) in [6.45, 7) is 0. The SMILES string of the molecule is O=C(Nc1nnc(Cc2ccccc2)s1)c1cccc(-n2cnnn2)c1. The second-order valence-corrected chi connectivity index (χ2v) is 6.48. The maximum absolute atomic E-state index is 12.5. The van der Waals surface area contributed by atoms with E-state index in [0.29, 0.717) is 22.8 Å². The Morgan fingerprint density at radius 2 is 1.96 bits per heavy atom. The van der Waals surface area contributed by atoms with E-state index in [2.05, 4.69) is 31.0 Å². The lowest BCUT2D eigenvalue weighted by Crippen LogP contribution is -2.12. The molecule has 1 amide bonds. The van der Waals surface area contributed by atoms with Crippen molar-refractivity contribution in [1.82, 2.24) is 30.4 Å². The van der Waals surface area contributed by atoms with Gasteiger partial charge in [-0.2, -0.15) is 0 Å². The first-order valence-electron chi connectivity index (χ1n) is 7.79. The Hall–Kier alpha value is -3.46. The van der Waals surface area contributed by atoms with Gasteiger partial charge in [-0.1, -0.05) is 47.7 Å². The van der Waals surface area contributed by atoms with Crippen molar-refractivity contribution in [2.45, 2.75) is 6.42 Å². The van der Waals surface area contributed by atoms with Gasteiger partial charge in [0, 0.05) is 12.0 Å². The zero-order valence-corrected chi connectivity index (χ0v) is 14.3. The molecule has 0 spiro atoms. The smallest absolute Gasteiger partial charge is 0.257 e. The molecule has 2 heterocycles.